The Bertz CT molecular complexity index is 1510. The third kappa shape index (κ3) is 10.8. The van der Waals surface area contributed by atoms with E-state index in [2.05, 4.69) is 16.0 Å². The van der Waals surface area contributed by atoms with Gasteiger partial charge in [-0.15, -0.1) is 11.8 Å². The number of rotatable bonds is 5. The average Bonchev–Trinajstić information content (AvgIpc) is 3.10. The summed E-state index contributed by atoms with van der Waals surface area (Å²) in [6.45, 7) is 5.24. The molecule has 1 aromatic rings. The lowest BCUT2D eigenvalue weighted by atomic mass is 9.88. The van der Waals surface area contributed by atoms with Gasteiger partial charge in [0.05, 0.1) is 40.7 Å². The van der Waals surface area contributed by atoms with Crippen molar-refractivity contribution in [2.24, 2.45) is 11.8 Å². The number of hydrogen-bond donors (Lipinski definition) is 5. The zero-order chi connectivity index (χ0) is 36.2. The Morgan fingerprint density at radius 3 is 2.54 bits per heavy atom. The van der Waals surface area contributed by atoms with E-state index in [9.17, 15) is 29.4 Å². The van der Waals surface area contributed by atoms with Crippen molar-refractivity contribution in [1.82, 2.24) is 5.32 Å². The molecule has 0 spiro atoms. The summed E-state index contributed by atoms with van der Waals surface area (Å²) in [4.78, 5) is 51.9. The summed E-state index contributed by atoms with van der Waals surface area (Å²) in [5.74, 6) is -1.73. The third-order valence-corrected chi connectivity index (χ3v) is 10.6. The molecule has 0 saturated heterocycles. The Morgan fingerprint density at radius 1 is 1.06 bits per heavy atom. The lowest BCUT2D eigenvalue weighted by Crippen LogP contribution is -2.45. The first-order valence-electron chi connectivity index (χ1n) is 17.5. The highest BCUT2D eigenvalue weighted by Crippen LogP contribution is 2.45. The number of thioether (sulfide) groups is 1. The first-order valence-corrected chi connectivity index (χ1v) is 18.5. The minimum Gasteiger partial charge on any atom is -0.505 e. The molecule has 1 aliphatic carbocycles. The van der Waals surface area contributed by atoms with Crippen molar-refractivity contribution in [2.75, 3.05) is 23.5 Å². The molecule has 3 aliphatic rings. The molecule has 0 aromatic heterocycles. The van der Waals surface area contributed by atoms with Gasteiger partial charge in [-0.1, -0.05) is 68.7 Å². The van der Waals surface area contributed by atoms with Crippen molar-refractivity contribution in [3.05, 3.63) is 59.7 Å². The number of esters is 1. The SMILES string of the molecule is CO[C@H]1C=CC=CC=CC[C@H](OC(=O)[C@H](C)NC(=O)C2CCCCC2)[C@H](C)[C@@H](O)C(C)=CCCc2cc3c(c(c2O)NC(=O)C1)SCC(=O)N3. The number of aromatic hydroxyl groups is 1. The number of phenols is 1. The van der Waals surface area contributed by atoms with E-state index < -0.39 is 36.2 Å². The molecule has 11 nitrogen and oxygen atoms in total. The van der Waals surface area contributed by atoms with Crippen molar-refractivity contribution < 1.29 is 38.9 Å². The maximum atomic E-state index is 13.2. The van der Waals surface area contributed by atoms with Gasteiger partial charge in [-0.25, -0.2) is 4.79 Å². The summed E-state index contributed by atoms with van der Waals surface area (Å²) in [7, 11) is 1.51. The van der Waals surface area contributed by atoms with Crippen LogP contribution in [0.4, 0.5) is 11.4 Å². The first kappa shape index (κ1) is 38.9. The fourth-order valence-corrected chi connectivity index (χ4v) is 7.27. The van der Waals surface area contributed by atoms with Gasteiger partial charge in [-0.3, -0.25) is 14.4 Å². The molecule has 12 heteroatoms. The molecule has 5 atom stereocenters. The van der Waals surface area contributed by atoms with Crippen LogP contribution < -0.4 is 16.0 Å². The van der Waals surface area contributed by atoms with Crippen LogP contribution in [-0.4, -0.2) is 71.1 Å². The van der Waals surface area contributed by atoms with Gasteiger partial charge in [0, 0.05) is 25.4 Å². The van der Waals surface area contributed by atoms with E-state index in [-0.39, 0.29) is 47.3 Å². The number of carbonyl (C=O) groups excluding carboxylic acids is 4. The number of benzene rings is 1. The van der Waals surface area contributed by atoms with Gasteiger partial charge in [0.1, 0.15) is 17.9 Å². The third-order valence-electron chi connectivity index (χ3n) is 9.46. The summed E-state index contributed by atoms with van der Waals surface area (Å²) in [5, 5.41) is 31.2. The number of aliphatic hydroxyl groups excluding tert-OH is 1. The molecule has 0 unspecified atom stereocenters. The molecule has 1 saturated carbocycles. The second-order valence-corrected chi connectivity index (χ2v) is 14.2. The van der Waals surface area contributed by atoms with Gasteiger partial charge in [0.25, 0.3) is 0 Å². The minimum atomic E-state index is -0.949. The van der Waals surface area contributed by atoms with E-state index in [1.54, 1.807) is 44.2 Å². The lowest BCUT2D eigenvalue weighted by molar-refractivity contribution is -0.156. The van der Waals surface area contributed by atoms with Crippen molar-refractivity contribution in [1.29, 1.82) is 0 Å². The molecule has 3 amide bonds. The van der Waals surface area contributed by atoms with Crippen molar-refractivity contribution in [2.45, 2.75) is 108 Å². The molecular formula is C38H51N3O8S. The minimum absolute atomic E-state index is 0.00354. The number of fused-ring (bicyclic) bond motifs is 4. The molecule has 5 N–H and O–H groups in total. The van der Waals surface area contributed by atoms with E-state index in [1.165, 1.54) is 18.9 Å². The summed E-state index contributed by atoms with van der Waals surface area (Å²) in [6, 6.07) is 0.877. The number of allylic oxidation sites excluding steroid dienone is 5. The van der Waals surface area contributed by atoms with Crippen LogP contribution in [0.5, 0.6) is 5.75 Å². The highest BCUT2D eigenvalue weighted by molar-refractivity contribution is 8.00. The van der Waals surface area contributed by atoms with Crippen LogP contribution in [0.15, 0.2) is 59.1 Å². The van der Waals surface area contributed by atoms with Crippen molar-refractivity contribution >= 4 is 46.8 Å². The number of methoxy groups -OCH3 is 1. The maximum absolute atomic E-state index is 13.2. The van der Waals surface area contributed by atoms with Crippen molar-refractivity contribution in [3.8, 4) is 5.75 Å². The van der Waals surface area contributed by atoms with Gasteiger partial charge < -0.3 is 35.6 Å². The van der Waals surface area contributed by atoms with Gasteiger partial charge in [-0.2, -0.15) is 0 Å². The fourth-order valence-electron chi connectivity index (χ4n) is 6.37. The topological polar surface area (TPSA) is 163 Å². The zero-order valence-corrected chi connectivity index (χ0v) is 30.2. The number of hydrogen-bond acceptors (Lipinski definition) is 9. The normalized spacial score (nSPS) is 24.9. The number of anilines is 2. The molecule has 50 heavy (non-hydrogen) atoms. The number of ether oxygens (including phenoxy) is 2. The van der Waals surface area contributed by atoms with Gasteiger partial charge in [0.15, 0.2) is 0 Å². The fraction of sp³-hybridized carbons (Fsp3) is 0.526. The number of phenolic OH excluding ortho intramolecular Hbond substituents is 1. The van der Waals surface area contributed by atoms with Crippen LogP contribution in [-0.2, 0) is 35.1 Å². The Morgan fingerprint density at radius 2 is 1.80 bits per heavy atom. The van der Waals surface area contributed by atoms with Crippen LogP contribution in [0.1, 0.15) is 77.7 Å². The van der Waals surface area contributed by atoms with Crippen molar-refractivity contribution in [3.63, 3.8) is 0 Å². The number of nitrogens with one attached hydrogen (secondary N) is 3. The Hall–Kier alpha value is -3.87. The predicted octanol–water partition coefficient (Wildman–Crippen LogP) is 5.73. The molecular weight excluding hydrogens is 658 g/mol. The molecule has 2 aliphatic heterocycles. The van der Waals surface area contributed by atoms with Crippen LogP contribution >= 0.6 is 11.8 Å². The molecule has 2 heterocycles. The average molecular weight is 710 g/mol. The number of aryl methyl sites for hydroxylation is 1. The quantitative estimate of drug-likeness (QED) is 0.111. The van der Waals surface area contributed by atoms with Gasteiger partial charge >= 0.3 is 5.97 Å². The summed E-state index contributed by atoms with van der Waals surface area (Å²) in [5.41, 5.74) is 1.94. The van der Waals surface area contributed by atoms with Crippen LogP contribution in [0.3, 0.4) is 0 Å². The Labute approximate surface area is 299 Å². The second kappa shape index (κ2) is 18.9. The zero-order valence-electron chi connectivity index (χ0n) is 29.4. The van der Waals surface area contributed by atoms with E-state index in [0.717, 1.165) is 32.1 Å². The number of aliphatic hydroxyl groups is 1. The smallest absolute Gasteiger partial charge is 0.328 e. The largest absolute Gasteiger partial charge is 0.505 e. The Balaban J connectivity index is 1.57. The molecule has 272 valence electrons. The summed E-state index contributed by atoms with van der Waals surface area (Å²) < 4.78 is 11.4. The summed E-state index contributed by atoms with van der Waals surface area (Å²) in [6.07, 6.45) is 16.3. The van der Waals surface area contributed by atoms with Crippen LogP contribution in [0.2, 0.25) is 0 Å². The highest BCUT2D eigenvalue weighted by Gasteiger charge is 2.31. The number of amides is 3. The second-order valence-electron chi connectivity index (χ2n) is 13.3. The van der Waals surface area contributed by atoms with E-state index in [1.807, 2.05) is 25.2 Å². The maximum Gasteiger partial charge on any atom is 0.328 e. The van der Waals surface area contributed by atoms with Crippen LogP contribution in [0, 0.1) is 11.8 Å². The molecule has 0 radical (unpaired) electrons. The van der Waals surface area contributed by atoms with E-state index in [4.69, 9.17) is 9.47 Å². The van der Waals surface area contributed by atoms with Gasteiger partial charge in [-0.05, 0) is 56.7 Å². The highest BCUT2D eigenvalue weighted by atomic mass is 32.2. The molecule has 1 fully saturated rings. The van der Waals surface area contributed by atoms with Gasteiger partial charge in [0.2, 0.25) is 17.7 Å². The predicted molar refractivity (Wildman–Crippen MR) is 195 cm³/mol. The molecule has 1 aromatic carbocycles. The standard InChI is InChI=1S/C38H51N3O8S/c1-23-14-13-17-27-20-29-36(50-22-32(43)40-29)33(35(27)45)41-31(42)21-28(48-4)18-11-6-5-7-12-19-30(24(2)34(23)44)49-38(47)25(3)39-37(46)26-15-9-8-10-16-26/h5-7,11-12,14,18,20,24-26,28,30,34,44-45H,8-10,13,15-17,19,21-22H2,1-4H3,(H,39,46)(H,40,43)(H,41,42)/t24-,25-,28-,30-,34-/m0/s1. The Kier molecular flexibility index (Phi) is 14.7. The molecule has 2 bridgehead atoms. The van der Waals surface area contributed by atoms with Crippen LogP contribution in [0.25, 0.3) is 0 Å². The van der Waals surface area contributed by atoms with E-state index >= 15 is 0 Å². The first-order chi connectivity index (χ1) is 24.0. The van der Waals surface area contributed by atoms with E-state index in [0.29, 0.717) is 41.0 Å². The lowest BCUT2D eigenvalue weighted by Gasteiger charge is -2.29. The monoisotopic (exact) mass is 709 g/mol. The molecule has 4 rings (SSSR count). The number of carbonyl (C=O) groups is 4. The summed E-state index contributed by atoms with van der Waals surface area (Å²) >= 11 is 1.24.